The molecule has 2 bridgehead atoms. The van der Waals surface area contributed by atoms with Crippen molar-refractivity contribution >= 4 is 5.91 Å². The Morgan fingerprint density at radius 2 is 2.00 bits per heavy atom. The summed E-state index contributed by atoms with van der Waals surface area (Å²) in [6, 6.07) is 3.43. The third-order valence-corrected chi connectivity index (χ3v) is 3.31. The molecule has 2 heterocycles. The molecule has 0 radical (unpaired) electrons. The van der Waals surface area contributed by atoms with Crippen LogP contribution in [-0.4, -0.2) is 40.9 Å². The molecular formula is C12H18N2O. The molecule has 3 heteroatoms. The van der Waals surface area contributed by atoms with E-state index in [0.29, 0.717) is 12.1 Å². The Morgan fingerprint density at radius 3 is 2.40 bits per heavy atom. The van der Waals surface area contributed by atoms with Crippen LogP contribution in [0.3, 0.4) is 0 Å². The molecular weight excluding hydrogens is 188 g/mol. The highest BCUT2D eigenvalue weighted by molar-refractivity contribution is 5.82. The van der Waals surface area contributed by atoms with Gasteiger partial charge in [0, 0.05) is 24.5 Å². The van der Waals surface area contributed by atoms with Crippen LogP contribution >= 0.6 is 0 Å². The first-order valence-corrected chi connectivity index (χ1v) is 5.47. The lowest BCUT2D eigenvalue weighted by atomic mass is 9.94. The zero-order valence-corrected chi connectivity index (χ0v) is 9.66. The Kier molecular flexibility index (Phi) is 2.18. The molecule has 0 N–H and O–H groups in total. The molecule has 2 unspecified atom stereocenters. The minimum atomic E-state index is -0.272. The Bertz CT molecular complexity index is 323. The van der Waals surface area contributed by atoms with Crippen molar-refractivity contribution in [1.82, 2.24) is 9.80 Å². The van der Waals surface area contributed by atoms with Gasteiger partial charge in [-0.3, -0.25) is 4.79 Å². The van der Waals surface area contributed by atoms with Crippen molar-refractivity contribution in [2.45, 2.75) is 39.3 Å². The number of likely N-dealkylation sites (tertiary alicyclic amines) is 2. The van der Waals surface area contributed by atoms with Crippen LogP contribution in [0.2, 0.25) is 0 Å². The summed E-state index contributed by atoms with van der Waals surface area (Å²) in [6.07, 6.45) is 6.45. The van der Waals surface area contributed by atoms with Gasteiger partial charge in [-0.05, 0) is 6.42 Å². The standard InChI is InChI=1S/C12H18N2O/c1-5-13-7-10-6-9(13)8-14(10)11(15)12(2,3)4/h1,9-10H,6-8H2,2-4H3. The van der Waals surface area contributed by atoms with Crippen LogP contribution in [0.1, 0.15) is 27.2 Å². The highest BCUT2D eigenvalue weighted by Gasteiger charge is 2.46. The molecule has 2 saturated heterocycles. The zero-order valence-electron chi connectivity index (χ0n) is 9.66. The SMILES string of the molecule is C#CN1CC2CC1CN2C(=O)C(C)(C)C. The highest BCUT2D eigenvalue weighted by atomic mass is 16.2. The molecule has 0 spiro atoms. The van der Waals surface area contributed by atoms with Crippen molar-refractivity contribution < 1.29 is 4.79 Å². The second-order valence-corrected chi connectivity index (χ2v) is 5.53. The molecule has 2 aliphatic rings. The minimum absolute atomic E-state index is 0.256. The highest BCUT2D eigenvalue weighted by Crippen LogP contribution is 2.33. The number of rotatable bonds is 0. The fourth-order valence-electron chi connectivity index (χ4n) is 2.50. The summed E-state index contributed by atoms with van der Waals surface area (Å²) in [6.45, 7) is 7.58. The van der Waals surface area contributed by atoms with E-state index in [9.17, 15) is 4.79 Å². The van der Waals surface area contributed by atoms with E-state index in [0.717, 1.165) is 19.5 Å². The fourth-order valence-corrected chi connectivity index (χ4v) is 2.50. The van der Waals surface area contributed by atoms with Gasteiger partial charge < -0.3 is 9.80 Å². The molecule has 3 nitrogen and oxygen atoms in total. The van der Waals surface area contributed by atoms with Gasteiger partial charge in [-0.15, -0.1) is 0 Å². The molecule has 15 heavy (non-hydrogen) atoms. The van der Waals surface area contributed by atoms with Crippen molar-refractivity contribution in [2.75, 3.05) is 13.1 Å². The maximum absolute atomic E-state index is 12.1. The lowest BCUT2D eigenvalue weighted by Crippen LogP contribution is -2.50. The normalized spacial score (nSPS) is 29.5. The predicted octanol–water partition coefficient (Wildman–Crippen LogP) is 0.908. The molecule has 0 aromatic carbocycles. The van der Waals surface area contributed by atoms with Gasteiger partial charge in [0.2, 0.25) is 5.91 Å². The summed E-state index contributed by atoms with van der Waals surface area (Å²) in [5, 5.41) is 0. The van der Waals surface area contributed by atoms with Crippen molar-refractivity contribution in [3.05, 3.63) is 0 Å². The number of hydrogen-bond donors (Lipinski definition) is 0. The minimum Gasteiger partial charge on any atom is -0.335 e. The molecule has 2 rings (SSSR count). The predicted molar refractivity (Wildman–Crippen MR) is 58.9 cm³/mol. The summed E-state index contributed by atoms with van der Waals surface area (Å²) in [7, 11) is 0. The maximum atomic E-state index is 12.1. The van der Waals surface area contributed by atoms with Crippen molar-refractivity contribution in [2.24, 2.45) is 5.41 Å². The smallest absolute Gasteiger partial charge is 0.228 e. The molecule has 0 aromatic heterocycles. The Hall–Kier alpha value is -1.17. The fraction of sp³-hybridized carbons (Fsp3) is 0.750. The van der Waals surface area contributed by atoms with Gasteiger partial charge in [-0.1, -0.05) is 27.2 Å². The Labute approximate surface area is 91.4 Å². The molecule has 2 atom stereocenters. The first-order valence-electron chi connectivity index (χ1n) is 5.47. The van der Waals surface area contributed by atoms with Crippen LogP contribution in [0.4, 0.5) is 0 Å². The lowest BCUT2D eigenvalue weighted by Gasteiger charge is -2.35. The van der Waals surface area contributed by atoms with Gasteiger partial charge >= 0.3 is 0 Å². The second-order valence-electron chi connectivity index (χ2n) is 5.53. The molecule has 82 valence electrons. The summed E-state index contributed by atoms with van der Waals surface area (Å²) in [5.74, 6) is 0.256. The largest absolute Gasteiger partial charge is 0.335 e. The first-order chi connectivity index (χ1) is 6.93. The second kappa shape index (κ2) is 3.16. The van der Waals surface area contributed by atoms with Gasteiger partial charge in [0.1, 0.15) is 0 Å². The van der Waals surface area contributed by atoms with Crippen molar-refractivity contribution in [3.63, 3.8) is 0 Å². The topological polar surface area (TPSA) is 23.6 Å². The van der Waals surface area contributed by atoms with Crippen LogP contribution < -0.4 is 0 Å². The van der Waals surface area contributed by atoms with E-state index in [2.05, 4.69) is 6.04 Å². The molecule has 0 aromatic rings. The third-order valence-electron chi connectivity index (χ3n) is 3.31. The average molecular weight is 206 g/mol. The van der Waals surface area contributed by atoms with Crippen LogP contribution in [0, 0.1) is 17.9 Å². The molecule has 2 fully saturated rings. The van der Waals surface area contributed by atoms with E-state index in [1.807, 2.05) is 30.6 Å². The number of fused-ring (bicyclic) bond motifs is 2. The number of terminal acetylenes is 1. The monoisotopic (exact) mass is 206 g/mol. The van der Waals surface area contributed by atoms with E-state index in [1.165, 1.54) is 0 Å². The van der Waals surface area contributed by atoms with Crippen LogP contribution in [0.25, 0.3) is 0 Å². The molecule has 0 aliphatic carbocycles. The first kappa shape index (κ1) is 10.4. The average Bonchev–Trinajstić information content (AvgIpc) is 2.72. The number of hydrogen-bond acceptors (Lipinski definition) is 2. The van der Waals surface area contributed by atoms with Crippen LogP contribution in [0.15, 0.2) is 0 Å². The number of carbonyl (C=O) groups excluding carboxylic acids is 1. The zero-order chi connectivity index (χ0) is 11.2. The van der Waals surface area contributed by atoms with Gasteiger partial charge in [-0.2, -0.15) is 0 Å². The molecule has 2 aliphatic heterocycles. The summed E-state index contributed by atoms with van der Waals surface area (Å²) < 4.78 is 0. The van der Waals surface area contributed by atoms with Gasteiger partial charge in [0.05, 0.1) is 12.1 Å². The maximum Gasteiger partial charge on any atom is 0.228 e. The summed E-state index contributed by atoms with van der Waals surface area (Å²) in [4.78, 5) is 16.1. The number of carbonyl (C=O) groups is 1. The number of piperazine rings is 1. The van der Waals surface area contributed by atoms with Gasteiger partial charge in [0.25, 0.3) is 0 Å². The van der Waals surface area contributed by atoms with E-state index >= 15 is 0 Å². The van der Waals surface area contributed by atoms with E-state index in [1.54, 1.807) is 0 Å². The lowest BCUT2D eigenvalue weighted by molar-refractivity contribution is -0.141. The summed E-state index contributed by atoms with van der Waals surface area (Å²) >= 11 is 0. The number of amides is 1. The summed E-state index contributed by atoms with van der Waals surface area (Å²) in [5.41, 5.74) is -0.272. The Morgan fingerprint density at radius 1 is 1.33 bits per heavy atom. The quantitative estimate of drug-likeness (QED) is 0.550. The van der Waals surface area contributed by atoms with Crippen LogP contribution in [0.5, 0.6) is 0 Å². The Balaban J connectivity index is 2.07. The molecule has 1 amide bonds. The third kappa shape index (κ3) is 1.58. The van der Waals surface area contributed by atoms with Crippen molar-refractivity contribution in [1.29, 1.82) is 0 Å². The van der Waals surface area contributed by atoms with E-state index in [4.69, 9.17) is 6.42 Å². The molecule has 0 saturated carbocycles. The van der Waals surface area contributed by atoms with Gasteiger partial charge in [0.15, 0.2) is 0 Å². The van der Waals surface area contributed by atoms with Crippen LogP contribution in [-0.2, 0) is 4.79 Å². The van der Waals surface area contributed by atoms with E-state index < -0.39 is 0 Å². The van der Waals surface area contributed by atoms with Crippen molar-refractivity contribution in [3.8, 4) is 12.5 Å². The number of nitrogens with zero attached hydrogens (tertiary/aromatic N) is 2. The van der Waals surface area contributed by atoms with E-state index in [-0.39, 0.29) is 11.3 Å². The van der Waals surface area contributed by atoms with Gasteiger partial charge in [-0.25, -0.2) is 0 Å².